The first-order valence-corrected chi connectivity index (χ1v) is 7.28. The molecule has 1 saturated heterocycles. The van der Waals surface area contributed by atoms with Gasteiger partial charge in [0.2, 0.25) is 0 Å². The van der Waals surface area contributed by atoms with Gasteiger partial charge in [0, 0.05) is 13.1 Å². The lowest BCUT2D eigenvalue weighted by atomic mass is 10.0. The van der Waals surface area contributed by atoms with Crippen LogP contribution >= 0.6 is 0 Å². The van der Waals surface area contributed by atoms with Crippen molar-refractivity contribution in [2.24, 2.45) is 5.92 Å². The van der Waals surface area contributed by atoms with Gasteiger partial charge in [-0.15, -0.1) is 0 Å². The van der Waals surface area contributed by atoms with Crippen LogP contribution in [-0.2, 0) is 10.2 Å². The molecule has 0 aliphatic carbocycles. The third kappa shape index (κ3) is 3.89. The molecule has 0 amide bonds. The van der Waals surface area contributed by atoms with Crippen molar-refractivity contribution in [3.8, 4) is 0 Å². The molecule has 0 radical (unpaired) electrons. The fourth-order valence-corrected chi connectivity index (χ4v) is 3.29. The van der Waals surface area contributed by atoms with E-state index in [0.29, 0.717) is 19.0 Å². The van der Waals surface area contributed by atoms with Crippen molar-refractivity contribution in [2.45, 2.75) is 32.2 Å². The van der Waals surface area contributed by atoms with E-state index in [-0.39, 0.29) is 0 Å². The number of hydrogen-bond acceptors (Lipinski definition) is 4. The number of nitrogens with zero attached hydrogens (tertiary/aromatic N) is 1. The minimum absolute atomic E-state index is 0.438. The van der Waals surface area contributed by atoms with Gasteiger partial charge >= 0.3 is 0 Å². The quantitative estimate of drug-likeness (QED) is 0.613. The van der Waals surface area contributed by atoms with Gasteiger partial charge in [-0.25, -0.2) is 0 Å². The van der Waals surface area contributed by atoms with Gasteiger partial charge in [-0.3, -0.25) is 0 Å². The molecule has 0 unspecified atom stereocenters. The molecule has 102 valence electrons. The Hall–Kier alpha value is -0.210. The van der Waals surface area contributed by atoms with Crippen LogP contribution in [0.3, 0.4) is 0 Å². The van der Waals surface area contributed by atoms with E-state index in [1.807, 2.05) is 0 Å². The van der Waals surface area contributed by atoms with E-state index in [9.17, 15) is 8.42 Å². The van der Waals surface area contributed by atoms with Crippen molar-refractivity contribution in [3.05, 3.63) is 0 Å². The molecule has 0 aromatic carbocycles. The number of rotatable bonds is 5. The summed E-state index contributed by atoms with van der Waals surface area (Å²) in [5.41, 5.74) is -1.21. The summed E-state index contributed by atoms with van der Waals surface area (Å²) in [6.45, 7) is 3.67. The Balaban J connectivity index is 2.68. The molecule has 0 atom stereocenters. The molecule has 6 nitrogen and oxygen atoms in total. The van der Waals surface area contributed by atoms with Crippen LogP contribution in [0, 0.1) is 5.92 Å². The fourth-order valence-electron chi connectivity index (χ4n) is 1.72. The predicted octanol–water partition coefficient (Wildman–Crippen LogP) is -0.704. The highest BCUT2D eigenvalue weighted by atomic mass is 32.2. The lowest BCUT2D eigenvalue weighted by Gasteiger charge is -2.33. The van der Waals surface area contributed by atoms with Crippen molar-refractivity contribution in [3.63, 3.8) is 0 Å². The smallest absolute Gasteiger partial charge is 0.280 e. The van der Waals surface area contributed by atoms with E-state index in [1.165, 1.54) is 11.2 Å². The topological polar surface area (TPSA) is 89.9 Å². The summed E-state index contributed by atoms with van der Waals surface area (Å²) >= 11 is 0. The summed E-state index contributed by atoms with van der Waals surface area (Å²) < 4.78 is 27.8. The maximum atomic E-state index is 12.0. The van der Waals surface area contributed by atoms with Crippen molar-refractivity contribution in [2.75, 3.05) is 26.3 Å². The van der Waals surface area contributed by atoms with Crippen LogP contribution in [0.2, 0.25) is 0 Å². The molecule has 1 aliphatic rings. The largest absolute Gasteiger partial charge is 0.394 e. The molecule has 1 fully saturated rings. The number of piperidine rings is 1. The van der Waals surface area contributed by atoms with Crippen molar-refractivity contribution < 1.29 is 18.6 Å². The highest BCUT2D eigenvalue weighted by Crippen LogP contribution is 2.19. The molecule has 0 aromatic heterocycles. The van der Waals surface area contributed by atoms with Crippen LogP contribution < -0.4 is 4.72 Å². The monoisotopic (exact) mass is 266 g/mol. The Morgan fingerprint density at radius 1 is 1.29 bits per heavy atom. The lowest BCUT2D eigenvalue weighted by molar-refractivity contribution is 0.119. The normalized spacial score (nSPS) is 20.7. The summed E-state index contributed by atoms with van der Waals surface area (Å²) in [5.74, 6) is 0.545. The lowest BCUT2D eigenvalue weighted by Crippen LogP contribution is -2.56. The van der Waals surface area contributed by atoms with Crippen LogP contribution in [-0.4, -0.2) is 54.8 Å². The fraction of sp³-hybridized carbons (Fsp3) is 1.00. The molecule has 7 heteroatoms. The summed E-state index contributed by atoms with van der Waals surface area (Å²) in [6, 6.07) is 0. The Morgan fingerprint density at radius 3 is 2.18 bits per heavy atom. The average molecular weight is 266 g/mol. The molecule has 0 saturated carbocycles. The Labute approximate surface area is 103 Å². The molecular weight excluding hydrogens is 244 g/mol. The van der Waals surface area contributed by atoms with Gasteiger partial charge < -0.3 is 10.2 Å². The van der Waals surface area contributed by atoms with Crippen molar-refractivity contribution in [1.82, 2.24) is 9.03 Å². The summed E-state index contributed by atoms with van der Waals surface area (Å²) in [6.07, 6.45) is 1.69. The maximum absolute atomic E-state index is 12.0. The standard InChI is InChI=1S/C10H22N2O4S/c1-9-3-5-12(6-4-9)17(15,16)11-10(2,7-13)8-14/h9,11,13-14H,3-8H2,1-2H3. The first kappa shape index (κ1) is 14.8. The van der Waals surface area contributed by atoms with E-state index < -0.39 is 29.0 Å². The third-order valence-electron chi connectivity index (χ3n) is 3.16. The number of aliphatic hydroxyl groups is 2. The van der Waals surface area contributed by atoms with Gasteiger partial charge in [0.05, 0.1) is 18.8 Å². The zero-order valence-corrected chi connectivity index (χ0v) is 11.2. The summed E-state index contributed by atoms with van der Waals surface area (Å²) in [5, 5.41) is 18.2. The minimum Gasteiger partial charge on any atom is -0.394 e. The highest BCUT2D eigenvalue weighted by molar-refractivity contribution is 7.87. The SMILES string of the molecule is CC1CCN(S(=O)(=O)NC(C)(CO)CO)CC1. The second-order valence-electron chi connectivity index (χ2n) is 5.07. The Bertz CT molecular complexity index is 332. The molecule has 0 aromatic rings. The summed E-state index contributed by atoms with van der Waals surface area (Å²) in [7, 11) is -3.63. The van der Waals surface area contributed by atoms with E-state index in [0.717, 1.165) is 12.8 Å². The van der Waals surface area contributed by atoms with Gasteiger partial charge in [0.25, 0.3) is 10.2 Å². The second kappa shape index (κ2) is 5.62. The van der Waals surface area contributed by atoms with E-state index in [2.05, 4.69) is 11.6 Å². The molecule has 3 N–H and O–H groups in total. The first-order chi connectivity index (χ1) is 7.83. The van der Waals surface area contributed by atoms with Gasteiger partial charge in [0.1, 0.15) is 0 Å². The average Bonchev–Trinajstić information content (AvgIpc) is 2.29. The first-order valence-electron chi connectivity index (χ1n) is 5.84. The van der Waals surface area contributed by atoms with Gasteiger partial charge in [0.15, 0.2) is 0 Å². The van der Waals surface area contributed by atoms with E-state index in [4.69, 9.17) is 10.2 Å². The molecule has 0 spiro atoms. The maximum Gasteiger partial charge on any atom is 0.280 e. The second-order valence-corrected chi connectivity index (χ2v) is 6.74. The van der Waals surface area contributed by atoms with Crippen molar-refractivity contribution >= 4 is 10.2 Å². The molecule has 1 aliphatic heterocycles. The zero-order chi connectivity index (χ0) is 13.1. The summed E-state index contributed by atoms with van der Waals surface area (Å²) in [4.78, 5) is 0. The number of hydrogen-bond donors (Lipinski definition) is 3. The Kier molecular flexibility index (Phi) is 4.91. The highest BCUT2D eigenvalue weighted by Gasteiger charge is 2.33. The minimum atomic E-state index is -3.63. The van der Waals surface area contributed by atoms with Crippen LogP contribution in [0.15, 0.2) is 0 Å². The zero-order valence-electron chi connectivity index (χ0n) is 10.4. The Morgan fingerprint density at radius 2 is 1.76 bits per heavy atom. The molecule has 1 heterocycles. The van der Waals surface area contributed by atoms with Crippen LogP contribution in [0.5, 0.6) is 0 Å². The molecule has 1 rings (SSSR count). The van der Waals surface area contributed by atoms with E-state index >= 15 is 0 Å². The van der Waals surface area contributed by atoms with Crippen molar-refractivity contribution in [1.29, 1.82) is 0 Å². The van der Waals surface area contributed by atoms with Gasteiger partial charge in [-0.05, 0) is 25.7 Å². The van der Waals surface area contributed by atoms with Gasteiger partial charge in [-0.1, -0.05) is 6.92 Å². The number of nitrogens with one attached hydrogen (secondary N) is 1. The van der Waals surface area contributed by atoms with Gasteiger partial charge in [-0.2, -0.15) is 17.4 Å². The molecule has 0 bridgehead atoms. The number of aliphatic hydroxyl groups excluding tert-OH is 2. The van der Waals surface area contributed by atoms with Crippen LogP contribution in [0.1, 0.15) is 26.7 Å². The molecular formula is C10H22N2O4S. The predicted molar refractivity (Wildman–Crippen MR) is 64.6 cm³/mol. The molecule has 17 heavy (non-hydrogen) atoms. The van der Waals surface area contributed by atoms with E-state index in [1.54, 1.807) is 0 Å². The van der Waals surface area contributed by atoms with Crippen LogP contribution in [0.25, 0.3) is 0 Å². The van der Waals surface area contributed by atoms with Crippen LogP contribution in [0.4, 0.5) is 0 Å². The third-order valence-corrected chi connectivity index (χ3v) is 4.95.